The van der Waals surface area contributed by atoms with Crippen LogP contribution in [0.5, 0.6) is 0 Å². The van der Waals surface area contributed by atoms with Crippen LogP contribution in [-0.4, -0.2) is 22.4 Å². The number of carbonyl (C=O) groups excluding carboxylic acids is 1. The van der Waals surface area contributed by atoms with E-state index >= 15 is 0 Å². The highest BCUT2D eigenvalue weighted by Crippen LogP contribution is 2.47. The molecular formula is C25H21BrCl2N2O2. The number of halogens is 3. The van der Waals surface area contributed by atoms with E-state index in [4.69, 9.17) is 27.9 Å². The van der Waals surface area contributed by atoms with Crippen LogP contribution in [0.25, 0.3) is 0 Å². The number of aromatic nitrogens is 1. The van der Waals surface area contributed by atoms with Crippen molar-refractivity contribution in [1.82, 2.24) is 9.88 Å². The maximum Gasteiger partial charge on any atom is 0.257 e. The van der Waals surface area contributed by atoms with Crippen LogP contribution in [0.2, 0.25) is 10.0 Å². The summed E-state index contributed by atoms with van der Waals surface area (Å²) in [6.07, 6.45) is 5.12. The Kier molecular flexibility index (Phi) is 6.01. The summed E-state index contributed by atoms with van der Waals surface area (Å²) >= 11 is 15.8. The molecule has 1 aliphatic heterocycles. The van der Waals surface area contributed by atoms with Crippen LogP contribution >= 0.6 is 39.1 Å². The summed E-state index contributed by atoms with van der Waals surface area (Å²) < 4.78 is 7.61. The van der Waals surface area contributed by atoms with E-state index in [2.05, 4.69) is 20.9 Å². The average Bonchev–Trinajstić information content (AvgIpc) is 2.97. The van der Waals surface area contributed by atoms with E-state index in [1.165, 1.54) is 6.42 Å². The minimum absolute atomic E-state index is 0.0957. The number of pyridine rings is 1. The van der Waals surface area contributed by atoms with Gasteiger partial charge in [0.15, 0.2) is 5.72 Å². The summed E-state index contributed by atoms with van der Waals surface area (Å²) in [6.45, 7) is 0.867. The van der Waals surface area contributed by atoms with Crippen LogP contribution in [0.15, 0.2) is 65.3 Å². The summed E-state index contributed by atoms with van der Waals surface area (Å²) in [5.74, 6) is 0.408. The standard InChI is InChI=1S/C25H21BrCl2N2O2/c26-18-6-11-23-22(12-18)24(31)30(14-21-10-9-20(28)13-29-21)25(23,32-15-16-2-1-3-16)17-4-7-19(27)8-5-17/h4-13,16H,1-3,14-15H2. The smallest absolute Gasteiger partial charge is 0.257 e. The molecule has 0 bridgehead atoms. The molecule has 1 atom stereocenters. The fourth-order valence-electron chi connectivity index (χ4n) is 4.39. The van der Waals surface area contributed by atoms with E-state index in [0.717, 1.165) is 34.1 Å². The van der Waals surface area contributed by atoms with Crippen molar-refractivity contribution in [3.63, 3.8) is 0 Å². The van der Waals surface area contributed by atoms with E-state index in [1.807, 2.05) is 48.5 Å². The van der Waals surface area contributed by atoms with E-state index in [9.17, 15) is 4.79 Å². The van der Waals surface area contributed by atoms with Crippen molar-refractivity contribution in [2.45, 2.75) is 31.5 Å². The molecule has 1 aliphatic carbocycles. The third-order valence-corrected chi connectivity index (χ3v) is 7.27. The molecule has 2 aliphatic rings. The Morgan fingerprint density at radius 1 is 1.06 bits per heavy atom. The second kappa shape index (κ2) is 8.79. The molecule has 1 amide bonds. The van der Waals surface area contributed by atoms with Crippen LogP contribution in [-0.2, 0) is 17.0 Å². The van der Waals surface area contributed by atoms with Crippen molar-refractivity contribution in [2.75, 3.05) is 6.61 Å². The zero-order valence-corrected chi connectivity index (χ0v) is 20.3. The van der Waals surface area contributed by atoms with Gasteiger partial charge in [0.05, 0.1) is 23.9 Å². The van der Waals surface area contributed by atoms with Gasteiger partial charge in [0.25, 0.3) is 5.91 Å². The highest BCUT2D eigenvalue weighted by molar-refractivity contribution is 9.10. The number of ether oxygens (including phenoxy) is 1. The highest BCUT2D eigenvalue weighted by atomic mass is 79.9. The van der Waals surface area contributed by atoms with Crippen molar-refractivity contribution in [3.8, 4) is 0 Å². The molecule has 0 N–H and O–H groups in total. The molecule has 5 rings (SSSR count). The van der Waals surface area contributed by atoms with Crippen molar-refractivity contribution in [3.05, 3.63) is 97.7 Å². The lowest BCUT2D eigenvalue weighted by Crippen LogP contribution is -2.47. The summed E-state index contributed by atoms with van der Waals surface area (Å²) in [7, 11) is 0. The molecule has 32 heavy (non-hydrogen) atoms. The molecule has 7 heteroatoms. The van der Waals surface area contributed by atoms with E-state index < -0.39 is 5.72 Å². The fraction of sp³-hybridized carbons (Fsp3) is 0.280. The largest absolute Gasteiger partial charge is 0.347 e. The van der Waals surface area contributed by atoms with E-state index in [1.54, 1.807) is 17.2 Å². The van der Waals surface area contributed by atoms with Crippen LogP contribution in [0.3, 0.4) is 0 Å². The van der Waals surface area contributed by atoms with Gasteiger partial charge in [-0.05, 0) is 55.2 Å². The summed E-state index contributed by atoms with van der Waals surface area (Å²) in [5, 5.41) is 1.19. The first-order chi connectivity index (χ1) is 15.5. The molecule has 3 aromatic rings. The number of hydrogen-bond acceptors (Lipinski definition) is 3. The van der Waals surface area contributed by atoms with Crippen LogP contribution in [0, 0.1) is 5.92 Å². The van der Waals surface area contributed by atoms with Crippen molar-refractivity contribution in [2.24, 2.45) is 5.92 Å². The lowest BCUT2D eigenvalue weighted by Gasteiger charge is -2.41. The Morgan fingerprint density at radius 2 is 1.81 bits per heavy atom. The number of fused-ring (bicyclic) bond motifs is 1. The zero-order chi connectivity index (χ0) is 22.3. The fourth-order valence-corrected chi connectivity index (χ4v) is 4.99. The highest BCUT2D eigenvalue weighted by Gasteiger charge is 2.52. The van der Waals surface area contributed by atoms with Gasteiger partial charge >= 0.3 is 0 Å². The summed E-state index contributed by atoms with van der Waals surface area (Å²) in [4.78, 5) is 20.0. The van der Waals surface area contributed by atoms with Gasteiger partial charge in [-0.2, -0.15) is 0 Å². The molecule has 1 fully saturated rings. The minimum atomic E-state index is -1.06. The number of amides is 1. The molecule has 0 spiro atoms. The van der Waals surface area contributed by atoms with E-state index in [0.29, 0.717) is 28.1 Å². The van der Waals surface area contributed by atoms with Gasteiger partial charge in [0.1, 0.15) is 0 Å². The molecule has 1 saturated carbocycles. The quantitative estimate of drug-likeness (QED) is 0.350. The number of nitrogens with zero attached hydrogens (tertiary/aromatic N) is 2. The molecule has 0 saturated heterocycles. The first-order valence-corrected chi connectivity index (χ1v) is 12.1. The molecule has 2 heterocycles. The van der Waals surface area contributed by atoms with Gasteiger partial charge in [-0.15, -0.1) is 0 Å². The Bertz CT molecular complexity index is 1150. The monoisotopic (exact) mass is 530 g/mol. The molecule has 2 aromatic carbocycles. The normalized spacial score (nSPS) is 20.3. The molecular weight excluding hydrogens is 511 g/mol. The number of hydrogen-bond donors (Lipinski definition) is 0. The van der Waals surface area contributed by atoms with Gasteiger partial charge in [0.2, 0.25) is 0 Å². The maximum absolute atomic E-state index is 13.7. The zero-order valence-electron chi connectivity index (χ0n) is 17.2. The molecule has 164 valence electrons. The van der Waals surface area contributed by atoms with Crippen molar-refractivity contribution >= 4 is 45.0 Å². The third kappa shape index (κ3) is 3.86. The second-order valence-corrected chi connectivity index (χ2v) is 10.1. The second-order valence-electron chi connectivity index (χ2n) is 8.31. The van der Waals surface area contributed by atoms with Gasteiger partial charge in [-0.25, -0.2) is 0 Å². The van der Waals surface area contributed by atoms with Gasteiger partial charge < -0.3 is 4.74 Å². The number of carbonyl (C=O) groups is 1. The van der Waals surface area contributed by atoms with Gasteiger partial charge in [-0.3, -0.25) is 14.7 Å². The third-order valence-electron chi connectivity index (χ3n) is 6.30. The number of rotatable bonds is 6. The summed E-state index contributed by atoms with van der Waals surface area (Å²) in [5.41, 5.74) is 2.00. The Labute approximate surface area is 205 Å². The predicted octanol–water partition coefficient (Wildman–Crippen LogP) is 6.82. The average molecular weight is 532 g/mol. The van der Waals surface area contributed by atoms with Crippen LogP contribution < -0.4 is 0 Å². The van der Waals surface area contributed by atoms with Crippen molar-refractivity contribution in [1.29, 1.82) is 0 Å². The molecule has 1 aromatic heterocycles. The number of benzene rings is 2. The SMILES string of the molecule is O=C1c2cc(Br)ccc2C(OCC2CCC2)(c2ccc(Cl)cc2)N1Cc1ccc(Cl)cn1. The maximum atomic E-state index is 13.7. The predicted molar refractivity (Wildman–Crippen MR) is 129 cm³/mol. The first-order valence-electron chi connectivity index (χ1n) is 10.6. The Balaban J connectivity index is 1.66. The molecule has 1 unspecified atom stereocenters. The van der Waals surface area contributed by atoms with Crippen molar-refractivity contribution < 1.29 is 9.53 Å². The first kappa shape index (κ1) is 21.9. The van der Waals surface area contributed by atoms with Gasteiger partial charge in [0, 0.05) is 32.4 Å². The van der Waals surface area contributed by atoms with Gasteiger partial charge in [-0.1, -0.05) is 63.8 Å². The molecule has 0 radical (unpaired) electrons. The Hall–Kier alpha value is -1.92. The molecule has 4 nitrogen and oxygen atoms in total. The Morgan fingerprint density at radius 3 is 2.47 bits per heavy atom. The topological polar surface area (TPSA) is 42.4 Å². The minimum Gasteiger partial charge on any atom is -0.347 e. The summed E-state index contributed by atoms with van der Waals surface area (Å²) in [6, 6.07) is 17.0. The van der Waals surface area contributed by atoms with Crippen LogP contribution in [0.4, 0.5) is 0 Å². The van der Waals surface area contributed by atoms with E-state index in [-0.39, 0.29) is 12.5 Å². The lowest BCUT2D eigenvalue weighted by molar-refractivity contribution is -0.128. The van der Waals surface area contributed by atoms with Crippen LogP contribution in [0.1, 0.15) is 46.4 Å². The lowest BCUT2D eigenvalue weighted by atomic mass is 9.86.